The van der Waals surface area contributed by atoms with Crippen molar-refractivity contribution in [1.29, 1.82) is 0 Å². The van der Waals surface area contributed by atoms with E-state index in [0.29, 0.717) is 24.7 Å². The summed E-state index contributed by atoms with van der Waals surface area (Å²) in [4.78, 5) is 52.3. The third-order valence-corrected chi connectivity index (χ3v) is 8.86. The molecule has 2 saturated carbocycles. The molecule has 0 N–H and O–H groups in total. The van der Waals surface area contributed by atoms with Gasteiger partial charge in [-0.3, -0.25) is 9.59 Å². The summed E-state index contributed by atoms with van der Waals surface area (Å²) in [6.07, 6.45) is 4.44. The van der Waals surface area contributed by atoms with E-state index in [1.807, 2.05) is 0 Å². The van der Waals surface area contributed by atoms with E-state index in [9.17, 15) is 19.2 Å². The fourth-order valence-electron chi connectivity index (χ4n) is 5.90. The van der Waals surface area contributed by atoms with Crippen LogP contribution in [-0.4, -0.2) is 35.7 Å². The van der Waals surface area contributed by atoms with E-state index < -0.39 is 56.9 Å². The number of carbonyl (C=O) groups is 4. The minimum absolute atomic E-state index is 0.141. The molecule has 8 heteroatoms. The molecule has 0 radical (unpaired) electrons. The highest BCUT2D eigenvalue weighted by atomic mass is 35.5. The normalized spacial score (nSPS) is 31.8. The molecular formula is C28H38Cl2O6. The Balaban J connectivity index is 1.80. The zero-order valence-electron chi connectivity index (χ0n) is 22.1. The zero-order valence-corrected chi connectivity index (χ0v) is 23.6. The molecule has 0 aromatic heterocycles. The molecule has 3 aliphatic rings. The average molecular weight is 542 g/mol. The van der Waals surface area contributed by atoms with Crippen molar-refractivity contribution in [2.75, 3.05) is 0 Å². The van der Waals surface area contributed by atoms with Gasteiger partial charge in [-0.05, 0) is 61.2 Å². The predicted molar refractivity (Wildman–Crippen MR) is 138 cm³/mol. The Morgan fingerprint density at radius 2 is 1.03 bits per heavy atom. The summed E-state index contributed by atoms with van der Waals surface area (Å²) < 4.78 is 11.5. The van der Waals surface area contributed by atoms with Gasteiger partial charge in [-0.25, -0.2) is 9.59 Å². The predicted octanol–water partition coefficient (Wildman–Crippen LogP) is 6.13. The molecule has 2 fully saturated rings. The molecule has 36 heavy (non-hydrogen) atoms. The molecule has 0 aromatic carbocycles. The van der Waals surface area contributed by atoms with Crippen molar-refractivity contribution in [2.45, 2.75) is 92.3 Å². The first-order valence-corrected chi connectivity index (χ1v) is 13.9. The number of hydrogen-bond donors (Lipinski definition) is 0. The van der Waals surface area contributed by atoms with Gasteiger partial charge in [0.05, 0.1) is 0 Å². The molecule has 0 unspecified atom stereocenters. The summed E-state index contributed by atoms with van der Waals surface area (Å²) in [5.41, 5.74) is -1.23. The topological polar surface area (TPSA) is 86.7 Å². The fourth-order valence-corrected chi connectivity index (χ4v) is 6.42. The molecule has 0 bridgehead atoms. The average Bonchev–Trinajstić information content (AvgIpc) is 2.77. The highest BCUT2D eigenvalue weighted by Gasteiger charge is 2.44. The number of esters is 2. The highest BCUT2D eigenvalue weighted by Crippen LogP contribution is 2.39. The Labute approximate surface area is 224 Å². The van der Waals surface area contributed by atoms with E-state index in [1.54, 1.807) is 0 Å². The molecule has 0 aliphatic heterocycles. The summed E-state index contributed by atoms with van der Waals surface area (Å²) in [5.74, 6) is -2.34. The van der Waals surface area contributed by atoms with Gasteiger partial charge in [-0.2, -0.15) is 0 Å². The maximum atomic E-state index is 13.1. The highest BCUT2D eigenvalue weighted by molar-refractivity contribution is 6.61. The fraction of sp³-hybridized carbons (Fsp3) is 0.714. The van der Waals surface area contributed by atoms with Crippen molar-refractivity contribution in [3.63, 3.8) is 0 Å². The first-order valence-electron chi connectivity index (χ1n) is 13.1. The van der Waals surface area contributed by atoms with Gasteiger partial charge in [0.15, 0.2) is 0 Å². The minimum Gasteiger partial charge on any atom is -0.458 e. The maximum absolute atomic E-state index is 13.1. The van der Waals surface area contributed by atoms with Crippen LogP contribution in [0.25, 0.3) is 0 Å². The van der Waals surface area contributed by atoms with Crippen LogP contribution in [-0.2, 0) is 28.7 Å². The van der Waals surface area contributed by atoms with Crippen molar-refractivity contribution in [3.05, 3.63) is 21.2 Å². The Bertz CT molecular complexity index is 901. The van der Waals surface area contributed by atoms with Crippen LogP contribution in [0.4, 0.5) is 0 Å². The second-order valence-electron chi connectivity index (χ2n) is 11.6. The SMILES string of the molecule is CC(C)[C@@H]1CC[C@@H](C)C[C@H]1OC(=O)C1=C(Cl)C(=O)C(C(=O)O[C@@H]2C[C@H](C)CC[C@H]2C(C)C)=C(Cl)C1=O. The molecule has 3 rings (SSSR count). The number of carbonyl (C=O) groups excluding carboxylic acids is 4. The van der Waals surface area contributed by atoms with Crippen LogP contribution in [0, 0.1) is 35.5 Å². The van der Waals surface area contributed by atoms with Gasteiger partial charge in [-0.1, -0.05) is 77.6 Å². The maximum Gasteiger partial charge on any atom is 0.344 e. The number of allylic oxidation sites excluding steroid dienone is 2. The first kappa shape index (κ1) is 28.9. The third kappa shape index (κ3) is 6.07. The molecule has 3 aliphatic carbocycles. The van der Waals surface area contributed by atoms with Crippen molar-refractivity contribution in [2.24, 2.45) is 35.5 Å². The number of hydrogen-bond acceptors (Lipinski definition) is 6. The molecule has 6 atom stereocenters. The Morgan fingerprint density at radius 1 is 0.694 bits per heavy atom. The summed E-state index contributed by atoms with van der Waals surface area (Å²) in [6, 6.07) is 0. The van der Waals surface area contributed by atoms with E-state index in [1.165, 1.54) is 0 Å². The van der Waals surface area contributed by atoms with Gasteiger partial charge in [0.1, 0.15) is 33.4 Å². The van der Waals surface area contributed by atoms with Crippen LogP contribution in [0.3, 0.4) is 0 Å². The molecule has 0 heterocycles. The van der Waals surface area contributed by atoms with Crippen LogP contribution in [0.1, 0.15) is 80.1 Å². The van der Waals surface area contributed by atoms with Crippen molar-refractivity contribution in [3.8, 4) is 0 Å². The van der Waals surface area contributed by atoms with Gasteiger partial charge in [0, 0.05) is 0 Å². The lowest BCUT2D eigenvalue weighted by Crippen LogP contribution is -2.39. The minimum atomic E-state index is -0.986. The largest absolute Gasteiger partial charge is 0.458 e. The zero-order chi connectivity index (χ0) is 26.9. The van der Waals surface area contributed by atoms with Crippen LogP contribution in [0.15, 0.2) is 21.2 Å². The second-order valence-corrected chi connectivity index (χ2v) is 12.3. The van der Waals surface area contributed by atoms with Gasteiger partial charge >= 0.3 is 11.9 Å². The Hall–Kier alpha value is -1.66. The van der Waals surface area contributed by atoms with Crippen molar-refractivity contribution < 1.29 is 28.7 Å². The van der Waals surface area contributed by atoms with Crippen LogP contribution in [0.2, 0.25) is 0 Å². The molecule has 0 aromatic rings. The smallest absolute Gasteiger partial charge is 0.344 e. The molecule has 0 amide bonds. The Morgan fingerprint density at radius 3 is 1.33 bits per heavy atom. The molecular weight excluding hydrogens is 503 g/mol. The van der Waals surface area contributed by atoms with E-state index in [4.69, 9.17) is 32.7 Å². The number of ether oxygens (including phenoxy) is 2. The molecule has 6 nitrogen and oxygen atoms in total. The Kier molecular flexibility index (Phi) is 9.48. The van der Waals surface area contributed by atoms with E-state index in [0.717, 1.165) is 25.7 Å². The quantitative estimate of drug-likeness (QED) is 0.228. The van der Waals surface area contributed by atoms with Crippen LogP contribution >= 0.6 is 23.2 Å². The number of rotatable bonds is 6. The number of Topliss-reactive ketones (excluding diaryl/α,β-unsaturated/α-hetero) is 2. The molecule has 0 spiro atoms. The van der Waals surface area contributed by atoms with E-state index in [2.05, 4.69) is 41.5 Å². The van der Waals surface area contributed by atoms with Gasteiger partial charge < -0.3 is 9.47 Å². The van der Waals surface area contributed by atoms with Gasteiger partial charge in [0.25, 0.3) is 0 Å². The lowest BCUT2D eigenvalue weighted by Gasteiger charge is -2.37. The third-order valence-electron chi connectivity index (χ3n) is 8.14. The standard InChI is InChI=1S/C28H38Cl2O6/c1-13(2)17-9-7-15(5)11-19(17)35-27(33)21-23(29)26(32)22(24(30)25(21)31)28(34)36-20-12-16(6)8-10-18(20)14(3)4/h13-20H,7-12H2,1-6H3/t15-,16-,17+,18+,19-,20-/m1/s1. The molecule has 200 valence electrons. The van der Waals surface area contributed by atoms with E-state index in [-0.39, 0.29) is 23.7 Å². The summed E-state index contributed by atoms with van der Waals surface area (Å²) >= 11 is 12.5. The van der Waals surface area contributed by atoms with Crippen molar-refractivity contribution >= 4 is 46.7 Å². The number of halogens is 2. The summed E-state index contributed by atoms with van der Waals surface area (Å²) in [7, 11) is 0. The van der Waals surface area contributed by atoms with Crippen LogP contribution in [0.5, 0.6) is 0 Å². The number of ketones is 2. The second kappa shape index (κ2) is 11.8. The van der Waals surface area contributed by atoms with Gasteiger partial charge in [-0.15, -0.1) is 0 Å². The summed E-state index contributed by atoms with van der Waals surface area (Å²) in [5, 5.41) is -1.30. The first-order chi connectivity index (χ1) is 16.8. The summed E-state index contributed by atoms with van der Waals surface area (Å²) in [6.45, 7) is 12.4. The lowest BCUT2D eigenvalue weighted by atomic mass is 9.75. The van der Waals surface area contributed by atoms with Gasteiger partial charge in [0.2, 0.25) is 11.6 Å². The molecule has 0 saturated heterocycles. The lowest BCUT2D eigenvalue weighted by molar-refractivity contribution is -0.154. The monoisotopic (exact) mass is 540 g/mol. The van der Waals surface area contributed by atoms with E-state index >= 15 is 0 Å². The van der Waals surface area contributed by atoms with Crippen molar-refractivity contribution in [1.82, 2.24) is 0 Å². The van der Waals surface area contributed by atoms with Crippen LogP contribution < -0.4 is 0 Å².